The van der Waals surface area contributed by atoms with E-state index in [0.29, 0.717) is 6.04 Å². The van der Waals surface area contributed by atoms with Crippen LogP contribution in [-0.2, 0) is 0 Å². The monoisotopic (exact) mass is 227 g/mol. The highest BCUT2D eigenvalue weighted by Gasteiger charge is 2.31. The third-order valence-electron chi connectivity index (χ3n) is 3.15. The Hall–Kier alpha value is -0.380. The second-order valence-corrected chi connectivity index (χ2v) is 5.83. The molecule has 0 saturated heterocycles. The van der Waals surface area contributed by atoms with Crippen molar-refractivity contribution < 1.29 is 0 Å². The molecular weight excluding hydrogens is 206 g/mol. The molecular formula is C11H21N3S. The lowest BCUT2D eigenvalue weighted by Gasteiger charge is -2.26. The molecule has 1 aliphatic carbocycles. The number of rotatable bonds is 6. The predicted molar refractivity (Wildman–Crippen MR) is 67.3 cm³/mol. The van der Waals surface area contributed by atoms with E-state index in [1.807, 2.05) is 11.8 Å². The van der Waals surface area contributed by atoms with Crippen molar-refractivity contribution in [3.8, 4) is 0 Å². The summed E-state index contributed by atoms with van der Waals surface area (Å²) in [6.45, 7) is 4.28. The molecule has 0 spiro atoms. The Morgan fingerprint density at radius 3 is 3.00 bits per heavy atom. The van der Waals surface area contributed by atoms with E-state index >= 15 is 0 Å². The summed E-state index contributed by atoms with van der Waals surface area (Å²) < 4.78 is 0. The molecule has 1 aliphatic heterocycles. The van der Waals surface area contributed by atoms with Gasteiger partial charge in [-0.2, -0.15) is 11.8 Å². The van der Waals surface area contributed by atoms with Crippen LogP contribution in [0.3, 0.4) is 0 Å². The molecule has 0 bridgehead atoms. The van der Waals surface area contributed by atoms with E-state index in [-0.39, 0.29) is 0 Å². The van der Waals surface area contributed by atoms with Crippen molar-refractivity contribution >= 4 is 17.7 Å². The number of nitrogens with zero attached hydrogens (tertiary/aromatic N) is 2. The first-order valence-corrected chi connectivity index (χ1v) is 7.11. The Labute approximate surface area is 96.5 Å². The first kappa shape index (κ1) is 11.1. The van der Waals surface area contributed by atoms with Crippen LogP contribution in [0.2, 0.25) is 0 Å². The van der Waals surface area contributed by atoms with Gasteiger partial charge < -0.3 is 10.6 Å². The van der Waals surface area contributed by atoms with Crippen molar-refractivity contribution in [3.63, 3.8) is 0 Å². The lowest BCUT2D eigenvalue weighted by atomic mass is 10.2. The van der Waals surface area contributed by atoms with Gasteiger partial charge in [-0.05, 0) is 36.7 Å². The Morgan fingerprint density at radius 2 is 2.33 bits per heavy atom. The molecule has 2 rings (SSSR count). The second kappa shape index (κ2) is 5.10. The first-order valence-electron chi connectivity index (χ1n) is 5.95. The van der Waals surface area contributed by atoms with Crippen LogP contribution in [0.15, 0.2) is 4.99 Å². The maximum atomic E-state index is 5.92. The van der Waals surface area contributed by atoms with Gasteiger partial charge >= 0.3 is 0 Å². The minimum Gasteiger partial charge on any atom is -0.370 e. The lowest BCUT2D eigenvalue weighted by molar-refractivity contribution is 0.321. The van der Waals surface area contributed by atoms with Crippen molar-refractivity contribution in [1.82, 2.24) is 4.90 Å². The average Bonchev–Trinajstić information content (AvgIpc) is 2.97. The van der Waals surface area contributed by atoms with Gasteiger partial charge in [-0.15, -0.1) is 0 Å². The van der Waals surface area contributed by atoms with Gasteiger partial charge in [-0.25, -0.2) is 0 Å². The van der Waals surface area contributed by atoms with Gasteiger partial charge in [0.15, 0.2) is 5.96 Å². The van der Waals surface area contributed by atoms with Gasteiger partial charge in [0.05, 0.1) is 12.6 Å². The fourth-order valence-electron chi connectivity index (χ4n) is 2.01. The molecule has 1 unspecified atom stereocenters. The Kier molecular flexibility index (Phi) is 3.78. The molecule has 0 radical (unpaired) electrons. The zero-order chi connectivity index (χ0) is 10.7. The molecule has 0 amide bonds. The van der Waals surface area contributed by atoms with Gasteiger partial charge in [0.25, 0.3) is 0 Å². The summed E-state index contributed by atoms with van der Waals surface area (Å²) in [5.41, 5.74) is 5.92. The van der Waals surface area contributed by atoms with Crippen LogP contribution in [0.5, 0.6) is 0 Å². The standard InChI is InChI=1S/C11H21N3S/c1-2-15-6-5-10-7-13-11(12)14(10)8-9-3-4-9/h9-10H,2-8H2,1H3,(H2,12,13). The van der Waals surface area contributed by atoms with Crippen molar-refractivity contribution in [2.75, 3.05) is 24.6 Å². The number of nitrogens with two attached hydrogens (primary N) is 1. The molecule has 1 fully saturated rings. The van der Waals surface area contributed by atoms with E-state index < -0.39 is 0 Å². The highest BCUT2D eigenvalue weighted by molar-refractivity contribution is 7.99. The number of hydrogen-bond donors (Lipinski definition) is 1. The number of aliphatic imine (C=N–C) groups is 1. The smallest absolute Gasteiger partial charge is 0.191 e. The normalized spacial score (nSPS) is 25.8. The molecule has 86 valence electrons. The average molecular weight is 227 g/mol. The number of thioether (sulfide) groups is 1. The van der Waals surface area contributed by atoms with Crippen LogP contribution < -0.4 is 5.73 Å². The van der Waals surface area contributed by atoms with E-state index in [1.54, 1.807) is 0 Å². The maximum Gasteiger partial charge on any atom is 0.191 e. The number of guanidine groups is 1. The molecule has 1 heterocycles. The highest BCUT2D eigenvalue weighted by Crippen LogP contribution is 2.31. The summed E-state index contributed by atoms with van der Waals surface area (Å²) in [5.74, 6) is 4.14. The van der Waals surface area contributed by atoms with Crippen molar-refractivity contribution in [2.45, 2.75) is 32.2 Å². The van der Waals surface area contributed by atoms with Crippen molar-refractivity contribution in [1.29, 1.82) is 0 Å². The quantitative estimate of drug-likeness (QED) is 0.700. The Bertz CT molecular complexity index is 238. The topological polar surface area (TPSA) is 41.6 Å². The Balaban J connectivity index is 1.77. The van der Waals surface area contributed by atoms with Crippen LogP contribution in [0.4, 0.5) is 0 Å². The summed E-state index contributed by atoms with van der Waals surface area (Å²) in [5, 5.41) is 0. The molecule has 4 heteroatoms. The molecule has 3 nitrogen and oxygen atoms in total. The molecule has 0 aromatic heterocycles. The van der Waals surface area contributed by atoms with Crippen LogP contribution >= 0.6 is 11.8 Å². The Morgan fingerprint density at radius 1 is 1.53 bits per heavy atom. The van der Waals surface area contributed by atoms with E-state index in [0.717, 1.165) is 25.0 Å². The van der Waals surface area contributed by atoms with Crippen LogP contribution in [0.25, 0.3) is 0 Å². The molecule has 0 aromatic rings. The third kappa shape index (κ3) is 3.03. The minimum absolute atomic E-state index is 0.588. The van der Waals surface area contributed by atoms with E-state index in [1.165, 1.54) is 30.8 Å². The summed E-state index contributed by atoms with van der Waals surface area (Å²) >= 11 is 2.01. The van der Waals surface area contributed by atoms with Gasteiger partial charge in [-0.1, -0.05) is 6.92 Å². The third-order valence-corrected chi connectivity index (χ3v) is 4.08. The molecule has 15 heavy (non-hydrogen) atoms. The van der Waals surface area contributed by atoms with Crippen molar-refractivity contribution in [3.05, 3.63) is 0 Å². The fourth-order valence-corrected chi connectivity index (χ4v) is 2.73. The van der Waals surface area contributed by atoms with E-state index in [9.17, 15) is 0 Å². The molecule has 1 atom stereocenters. The lowest BCUT2D eigenvalue weighted by Crippen LogP contribution is -2.42. The zero-order valence-corrected chi connectivity index (χ0v) is 10.3. The van der Waals surface area contributed by atoms with E-state index in [2.05, 4.69) is 16.8 Å². The summed E-state index contributed by atoms with van der Waals surface area (Å²) in [6.07, 6.45) is 4.01. The van der Waals surface area contributed by atoms with E-state index in [4.69, 9.17) is 5.73 Å². The van der Waals surface area contributed by atoms with Gasteiger partial charge in [0, 0.05) is 6.54 Å². The second-order valence-electron chi connectivity index (χ2n) is 4.43. The molecule has 1 saturated carbocycles. The fraction of sp³-hybridized carbons (Fsp3) is 0.909. The van der Waals surface area contributed by atoms with Crippen LogP contribution in [0, 0.1) is 5.92 Å². The van der Waals surface area contributed by atoms with Gasteiger partial charge in [-0.3, -0.25) is 4.99 Å². The summed E-state index contributed by atoms with van der Waals surface area (Å²) in [7, 11) is 0. The molecule has 2 aliphatic rings. The van der Waals surface area contributed by atoms with Crippen molar-refractivity contribution in [2.24, 2.45) is 16.6 Å². The predicted octanol–water partition coefficient (Wildman–Crippen LogP) is 1.54. The molecule has 2 N–H and O–H groups in total. The largest absolute Gasteiger partial charge is 0.370 e. The van der Waals surface area contributed by atoms with Crippen LogP contribution in [0.1, 0.15) is 26.2 Å². The maximum absolute atomic E-state index is 5.92. The SMILES string of the molecule is CCSCCC1CN=C(N)N1CC1CC1. The number of hydrogen-bond acceptors (Lipinski definition) is 4. The molecule has 0 aromatic carbocycles. The first-order chi connectivity index (χ1) is 7.31. The van der Waals surface area contributed by atoms with Gasteiger partial charge in [0.1, 0.15) is 0 Å². The zero-order valence-electron chi connectivity index (χ0n) is 9.48. The van der Waals surface area contributed by atoms with Crippen LogP contribution in [-0.4, -0.2) is 41.5 Å². The van der Waals surface area contributed by atoms with Gasteiger partial charge in [0.2, 0.25) is 0 Å². The summed E-state index contributed by atoms with van der Waals surface area (Å²) in [4.78, 5) is 6.71. The minimum atomic E-state index is 0.588. The highest BCUT2D eigenvalue weighted by atomic mass is 32.2. The summed E-state index contributed by atoms with van der Waals surface area (Å²) in [6, 6.07) is 0.588.